The predicted octanol–water partition coefficient (Wildman–Crippen LogP) is 2.68. The third-order valence-electron chi connectivity index (χ3n) is 3.00. The Balaban J connectivity index is 2.03. The molecular weight excluding hydrogens is 269 g/mol. The number of benzene rings is 1. The molecule has 0 aliphatic rings. The topological polar surface area (TPSA) is 42.7 Å². The molecule has 4 nitrogen and oxygen atoms in total. The van der Waals surface area contributed by atoms with Crippen LogP contribution in [0.4, 0.5) is 13.2 Å². The molecular formula is C13H15F3N4. The first kappa shape index (κ1) is 14.5. The number of aryl methyl sites for hydroxylation is 1. The van der Waals surface area contributed by atoms with E-state index >= 15 is 0 Å². The molecule has 1 heterocycles. The van der Waals surface area contributed by atoms with E-state index in [1.165, 1.54) is 6.07 Å². The van der Waals surface area contributed by atoms with Crippen molar-refractivity contribution in [2.24, 2.45) is 7.05 Å². The van der Waals surface area contributed by atoms with Crippen LogP contribution in [-0.2, 0) is 19.8 Å². The van der Waals surface area contributed by atoms with E-state index in [0.29, 0.717) is 12.1 Å². The number of hydrogen-bond acceptors (Lipinski definition) is 3. The highest BCUT2D eigenvalue weighted by molar-refractivity contribution is 5.25. The van der Waals surface area contributed by atoms with Crippen molar-refractivity contribution in [2.75, 3.05) is 0 Å². The second kappa shape index (κ2) is 5.62. The molecule has 1 aromatic carbocycles. The second-order valence-corrected chi connectivity index (χ2v) is 4.60. The van der Waals surface area contributed by atoms with Gasteiger partial charge in [-0.1, -0.05) is 18.2 Å². The molecule has 1 aromatic heterocycles. The van der Waals surface area contributed by atoms with E-state index in [2.05, 4.69) is 15.5 Å². The maximum atomic E-state index is 12.6. The van der Waals surface area contributed by atoms with E-state index in [9.17, 15) is 13.2 Å². The zero-order chi connectivity index (χ0) is 14.8. The van der Waals surface area contributed by atoms with Crippen molar-refractivity contribution in [2.45, 2.75) is 25.7 Å². The lowest BCUT2D eigenvalue weighted by atomic mass is 10.1. The summed E-state index contributed by atoms with van der Waals surface area (Å²) in [5.41, 5.74) is -0.0584. The van der Waals surface area contributed by atoms with Crippen LogP contribution in [0.15, 0.2) is 30.6 Å². The van der Waals surface area contributed by atoms with E-state index in [-0.39, 0.29) is 6.04 Å². The molecule has 0 bridgehead atoms. The van der Waals surface area contributed by atoms with Crippen LogP contribution in [0.2, 0.25) is 0 Å². The molecule has 2 aromatic rings. The number of nitrogens with zero attached hydrogens (tertiary/aromatic N) is 3. The molecule has 0 aliphatic carbocycles. The Labute approximate surface area is 114 Å². The SMILES string of the molecule is CC(NCc1cccc(C(F)(F)F)c1)c1nncn1C. The smallest absolute Gasteiger partial charge is 0.319 e. The maximum absolute atomic E-state index is 12.6. The van der Waals surface area contributed by atoms with Gasteiger partial charge in [-0.2, -0.15) is 13.2 Å². The van der Waals surface area contributed by atoms with Gasteiger partial charge in [0, 0.05) is 13.6 Å². The summed E-state index contributed by atoms with van der Waals surface area (Å²) in [5, 5.41) is 10.9. The van der Waals surface area contributed by atoms with Crippen molar-refractivity contribution in [1.29, 1.82) is 0 Å². The van der Waals surface area contributed by atoms with E-state index in [1.807, 2.05) is 14.0 Å². The highest BCUT2D eigenvalue weighted by Crippen LogP contribution is 2.29. The van der Waals surface area contributed by atoms with Crippen LogP contribution in [0, 0.1) is 0 Å². The summed E-state index contributed by atoms with van der Waals surface area (Å²) in [6.45, 7) is 2.22. The largest absolute Gasteiger partial charge is 0.416 e. The van der Waals surface area contributed by atoms with Crippen molar-refractivity contribution < 1.29 is 13.2 Å². The van der Waals surface area contributed by atoms with Crippen molar-refractivity contribution in [3.05, 3.63) is 47.5 Å². The van der Waals surface area contributed by atoms with Gasteiger partial charge in [0.25, 0.3) is 0 Å². The van der Waals surface area contributed by atoms with Crippen LogP contribution < -0.4 is 5.32 Å². The zero-order valence-corrected chi connectivity index (χ0v) is 11.1. The Morgan fingerprint density at radius 1 is 1.35 bits per heavy atom. The van der Waals surface area contributed by atoms with Gasteiger partial charge in [-0.3, -0.25) is 0 Å². The molecule has 0 saturated carbocycles. The first-order valence-electron chi connectivity index (χ1n) is 6.11. The number of aromatic nitrogens is 3. The van der Waals surface area contributed by atoms with Gasteiger partial charge >= 0.3 is 6.18 Å². The molecule has 0 aliphatic heterocycles. The summed E-state index contributed by atoms with van der Waals surface area (Å²) in [5.74, 6) is 0.733. The maximum Gasteiger partial charge on any atom is 0.416 e. The van der Waals surface area contributed by atoms with Crippen LogP contribution in [0.3, 0.4) is 0 Å². The molecule has 0 radical (unpaired) electrons. The number of hydrogen-bond donors (Lipinski definition) is 1. The molecule has 1 N–H and O–H groups in total. The van der Waals surface area contributed by atoms with Gasteiger partial charge in [0.2, 0.25) is 0 Å². The summed E-state index contributed by atoms with van der Waals surface area (Å²) in [6.07, 6.45) is -2.73. The van der Waals surface area contributed by atoms with Crippen LogP contribution in [-0.4, -0.2) is 14.8 Å². The third-order valence-corrected chi connectivity index (χ3v) is 3.00. The monoisotopic (exact) mass is 284 g/mol. The van der Waals surface area contributed by atoms with Gasteiger partial charge in [0.05, 0.1) is 11.6 Å². The zero-order valence-electron chi connectivity index (χ0n) is 11.1. The quantitative estimate of drug-likeness (QED) is 0.938. The number of halogens is 3. The molecule has 20 heavy (non-hydrogen) atoms. The molecule has 1 unspecified atom stereocenters. The first-order chi connectivity index (χ1) is 9.38. The minimum atomic E-state index is -4.31. The van der Waals surface area contributed by atoms with Gasteiger partial charge in [-0.05, 0) is 18.6 Å². The fraction of sp³-hybridized carbons (Fsp3) is 0.385. The number of alkyl halides is 3. The van der Waals surface area contributed by atoms with E-state index < -0.39 is 11.7 Å². The van der Waals surface area contributed by atoms with E-state index in [4.69, 9.17) is 0 Å². The highest BCUT2D eigenvalue weighted by Gasteiger charge is 2.30. The minimum absolute atomic E-state index is 0.1000. The summed E-state index contributed by atoms with van der Waals surface area (Å²) in [6, 6.07) is 5.18. The van der Waals surface area contributed by atoms with Crippen molar-refractivity contribution in [3.63, 3.8) is 0 Å². The lowest BCUT2D eigenvalue weighted by Crippen LogP contribution is -2.21. The lowest BCUT2D eigenvalue weighted by Gasteiger charge is -2.14. The lowest BCUT2D eigenvalue weighted by molar-refractivity contribution is -0.137. The Bertz CT molecular complexity index is 577. The average molecular weight is 284 g/mol. The van der Waals surface area contributed by atoms with Gasteiger partial charge in [0.15, 0.2) is 0 Å². The first-order valence-corrected chi connectivity index (χ1v) is 6.11. The Morgan fingerprint density at radius 3 is 2.70 bits per heavy atom. The molecule has 0 spiro atoms. The van der Waals surface area contributed by atoms with Gasteiger partial charge in [-0.25, -0.2) is 0 Å². The summed E-state index contributed by atoms with van der Waals surface area (Å²) >= 11 is 0. The summed E-state index contributed by atoms with van der Waals surface area (Å²) in [4.78, 5) is 0. The fourth-order valence-electron chi connectivity index (χ4n) is 1.90. The van der Waals surface area contributed by atoms with Gasteiger partial charge in [0.1, 0.15) is 12.2 Å². The standard InChI is InChI=1S/C13H15F3N4/c1-9(12-19-18-8-20(12)2)17-7-10-4-3-5-11(6-10)13(14,15)16/h3-6,8-9,17H,7H2,1-2H3. The van der Waals surface area contributed by atoms with E-state index in [1.54, 1.807) is 17.0 Å². The Morgan fingerprint density at radius 2 is 2.10 bits per heavy atom. The minimum Gasteiger partial charge on any atom is -0.319 e. The fourth-order valence-corrected chi connectivity index (χ4v) is 1.90. The normalized spacial score (nSPS) is 13.4. The molecule has 108 valence electrons. The van der Waals surface area contributed by atoms with Gasteiger partial charge < -0.3 is 9.88 Å². The molecule has 7 heteroatoms. The average Bonchev–Trinajstić information content (AvgIpc) is 2.82. The van der Waals surface area contributed by atoms with Gasteiger partial charge in [-0.15, -0.1) is 10.2 Å². The van der Waals surface area contributed by atoms with Crippen molar-refractivity contribution in [3.8, 4) is 0 Å². The van der Waals surface area contributed by atoms with Crippen molar-refractivity contribution in [1.82, 2.24) is 20.1 Å². The Kier molecular flexibility index (Phi) is 4.08. The summed E-state index contributed by atoms with van der Waals surface area (Å²) < 4.78 is 39.6. The van der Waals surface area contributed by atoms with Crippen LogP contribution in [0.1, 0.15) is 29.9 Å². The van der Waals surface area contributed by atoms with Crippen LogP contribution in [0.5, 0.6) is 0 Å². The molecule has 2 rings (SSSR count). The molecule has 1 atom stereocenters. The molecule has 0 fully saturated rings. The highest BCUT2D eigenvalue weighted by atomic mass is 19.4. The Hall–Kier alpha value is -1.89. The van der Waals surface area contributed by atoms with E-state index in [0.717, 1.165) is 18.0 Å². The molecule has 0 amide bonds. The van der Waals surface area contributed by atoms with Crippen LogP contribution >= 0.6 is 0 Å². The second-order valence-electron chi connectivity index (χ2n) is 4.60. The number of nitrogens with one attached hydrogen (secondary N) is 1. The summed E-state index contributed by atoms with van der Waals surface area (Å²) in [7, 11) is 1.82. The third kappa shape index (κ3) is 3.36. The predicted molar refractivity (Wildman–Crippen MR) is 67.7 cm³/mol. The number of rotatable bonds is 4. The molecule has 0 saturated heterocycles. The van der Waals surface area contributed by atoms with Crippen LogP contribution in [0.25, 0.3) is 0 Å². The van der Waals surface area contributed by atoms with Crippen molar-refractivity contribution >= 4 is 0 Å².